The highest BCUT2D eigenvalue weighted by molar-refractivity contribution is 5.02. The number of hydrogen-bond donors (Lipinski definition) is 2. The maximum atomic E-state index is 5.69. The van der Waals surface area contributed by atoms with E-state index >= 15 is 0 Å². The summed E-state index contributed by atoms with van der Waals surface area (Å²) in [5.41, 5.74) is 12.1. The Morgan fingerprint density at radius 2 is 2.45 bits per heavy atom. The molecule has 0 aliphatic carbocycles. The predicted octanol–water partition coefficient (Wildman–Crippen LogP) is -0.138. The van der Waals surface area contributed by atoms with E-state index in [1.54, 1.807) is 12.5 Å². The lowest BCUT2D eigenvalue weighted by Crippen LogP contribution is -2.16. The molecule has 0 radical (unpaired) electrons. The zero-order valence-electron chi connectivity index (χ0n) is 6.70. The van der Waals surface area contributed by atoms with Crippen molar-refractivity contribution in [3.05, 3.63) is 18.2 Å². The van der Waals surface area contributed by atoms with Crippen LogP contribution in [0.3, 0.4) is 0 Å². The van der Waals surface area contributed by atoms with E-state index in [1.807, 2.05) is 11.5 Å². The number of hydrogen-bond acceptors (Lipinski definition) is 3. The first-order valence-electron chi connectivity index (χ1n) is 3.71. The van der Waals surface area contributed by atoms with Crippen LogP contribution in [0.4, 0.5) is 0 Å². The molecule has 4 nitrogen and oxygen atoms in total. The molecule has 1 heterocycles. The maximum absolute atomic E-state index is 5.69. The molecule has 0 amide bonds. The summed E-state index contributed by atoms with van der Waals surface area (Å²) >= 11 is 0. The highest BCUT2D eigenvalue weighted by Crippen LogP contribution is 2.07. The van der Waals surface area contributed by atoms with Gasteiger partial charge in [-0.2, -0.15) is 0 Å². The molecule has 1 aromatic heterocycles. The molecule has 4 N–H and O–H groups in total. The van der Waals surface area contributed by atoms with Crippen LogP contribution in [0.2, 0.25) is 0 Å². The maximum Gasteiger partial charge on any atom is 0.0949 e. The third kappa shape index (κ3) is 1.78. The topological polar surface area (TPSA) is 69.9 Å². The van der Waals surface area contributed by atoms with E-state index in [9.17, 15) is 0 Å². The van der Waals surface area contributed by atoms with Crippen LogP contribution in [0.15, 0.2) is 12.5 Å². The molecule has 4 heteroatoms. The van der Waals surface area contributed by atoms with Gasteiger partial charge >= 0.3 is 0 Å². The molecule has 1 atom stereocenters. The van der Waals surface area contributed by atoms with Gasteiger partial charge in [0.25, 0.3) is 0 Å². The number of rotatable bonds is 3. The normalized spacial score (nSPS) is 13.4. The first kappa shape index (κ1) is 8.23. The minimum Gasteiger partial charge on any atom is -0.332 e. The molecular weight excluding hydrogens is 140 g/mol. The van der Waals surface area contributed by atoms with Gasteiger partial charge in [-0.1, -0.05) is 0 Å². The zero-order chi connectivity index (χ0) is 8.27. The van der Waals surface area contributed by atoms with E-state index in [0.29, 0.717) is 6.54 Å². The largest absolute Gasteiger partial charge is 0.332 e. The molecule has 0 aromatic carbocycles. The van der Waals surface area contributed by atoms with Crippen molar-refractivity contribution in [1.82, 2.24) is 9.55 Å². The molecule has 62 valence electrons. The van der Waals surface area contributed by atoms with Gasteiger partial charge < -0.3 is 16.0 Å². The Bertz CT molecular complexity index is 216. The molecular formula is C7H14N4. The SMILES string of the molecule is C[C@H](N)c1cncn1CCN. The smallest absolute Gasteiger partial charge is 0.0949 e. The Kier molecular flexibility index (Phi) is 2.62. The van der Waals surface area contributed by atoms with Crippen molar-refractivity contribution >= 4 is 0 Å². The van der Waals surface area contributed by atoms with Crippen molar-refractivity contribution in [3.8, 4) is 0 Å². The van der Waals surface area contributed by atoms with Gasteiger partial charge in [0.1, 0.15) is 0 Å². The zero-order valence-corrected chi connectivity index (χ0v) is 6.70. The lowest BCUT2D eigenvalue weighted by atomic mass is 10.3. The third-order valence-electron chi connectivity index (χ3n) is 1.58. The standard InChI is InChI=1S/C7H14N4/c1-6(9)7-4-10-5-11(7)3-2-8/h4-6H,2-3,8-9H2,1H3/t6-/m0/s1. The van der Waals surface area contributed by atoms with E-state index < -0.39 is 0 Å². The van der Waals surface area contributed by atoms with Gasteiger partial charge in [0.05, 0.1) is 12.0 Å². The Balaban J connectivity index is 2.78. The van der Waals surface area contributed by atoms with Crippen LogP contribution in [-0.4, -0.2) is 16.1 Å². The highest BCUT2D eigenvalue weighted by Gasteiger charge is 2.04. The molecule has 11 heavy (non-hydrogen) atoms. The molecule has 0 spiro atoms. The first-order valence-corrected chi connectivity index (χ1v) is 3.71. The first-order chi connectivity index (χ1) is 5.25. The van der Waals surface area contributed by atoms with Crippen molar-refractivity contribution in [1.29, 1.82) is 0 Å². The van der Waals surface area contributed by atoms with Gasteiger partial charge in [-0.05, 0) is 6.92 Å². The minimum atomic E-state index is 0.0315. The molecule has 0 saturated carbocycles. The number of nitrogens with zero attached hydrogens (tertiary/aromatic N) is 2. The average Bonchev–Trinajstić information content (AvgIpc) is 2.36. The summed E-state index contributed by atoms with van der Waals surface area (Å²) in [6.07, 6.45) is 3.53. The molecule has 0 aliphatic rings. The molecule has 0 saturated heterocycles. The Labute approximate surface area is 66.2 Å². The monoisotopic (exact) mass is 154 g/mol. The lowest BCUT2D eigenvalue weighted by molar-refractivity contribution is 0.632. The van der Waals surface area contributed by atoms with Gasteiger partial charge in [-0.3, -0.25) is 0 Å². The lowest BCUT2D eigenvalue weighted by Gasteiger charge is -2.08. The van der Waals surface area contributed by atoms with Crippen molar-refractivity contribution in [2.24, 2.45) is 11.5 Å². The summed E-state index contributed by atoms with van der Waals surface area (Å²) < 4.78 is 1.98. The Hall–Kier alpha value is -0.870. The molecule has 0 aliphatic heterocycles. The fraction of sp³-hybridized carbons (Fsp3) is 0.571. The van der Waals surface area contributed by atoms with Crippen LogP contribution >= 0.6 is 0 Å². The van der Waals surface area contributed by atoms with Crippen LogP contribution in [0, 0.1) is 0 Å². The fourth-order valence-electron chi connectivity index (χ4n) is 1.04. The summed E-state index contributed by atoms with van der Waals surface area (Å²) in [5, 5.41) is 0. The van der Waals surface area contributed by atoms with E-state index in [4.69, 9.17) is 11.5 Å². The molecule has 1 aromatic rings. The van der Waals surface area contributed by atoms with Crippen LogP contribution < -0.4 is 11.5 Å². The number of imidazole rings is 1. The van der Waals surface area contributed by atoms with Gasteiger partial charge in [0, 0.05) is 25.3 Å². The van der Waals surface area contributed by atoms with Crippen LogP contribution in [0.25, 0.3) is 0 Å². The highest BCUT2D eigenvalue weighted by atomic mass is 15.1. The second-order valence-corrected chi connectivity index (χ2v) is 2.59. The van der Waals surface area contributed by atoms with E-state index in [2.05, 4.69) is 4.98 Å². The van der Waals surface area contributed by atoms with Crippen molar-refractivity contribution in [3.63, 3.8) is 0 Å². The van der Waals surface area contributed by atoms with E-state index in [-0.39, 0.29) is 6.04 Å². The summed E-state index contributed by atoms with van der Waals surface area (Å²) in [6.45, 7) is 3.34. The Morgan fingerprint density at radius 3 is 3.00 bits per heavy atom. The van der Waals surface area contributed by atoms with Gasteiger partial charge in [0.15, 0.2) is 0 Å². The predicted molar refractivity (Wildman–Crippen MR) is 43.9 cm³/mol. The summed E-state index contributed by atoms with van der Waals surface area (Å²) in [6, 6.07) is 0.0315. The van der Waals surface area contributed by atoms with Crippen LogP contribution in [0.1, 0.15) is 18.7 Å². The molecule has 0 unspecified atom stereocenters. The summed E-state index contributed by atoms with van der Waals surface area (Å²) in [4.78, 5) is 3.99. The van der Waals surface area contributed by atoms with Crippen LogP contribution in [-0.2, 0) is 6.54 Å². The number of aromatic nitrogens is 2. The summed E-state index contributed by atoms with van der Waals surface area (Å²) in [7, 11) is 0. The van der Waals surface area contributed by atoms with Crippen LogP contribution in [0.5, 0.6) is 0 Å². The van der Waals surface area contributed by atoms with Gasteiger partial charge in [-0.25, -0.2) is 4.98 Å². The molecule has 0 fully saturated rings. The van der Waals surface area contributed by atoms with E-state index in [0.717, 1.165) is 12.2 Å². The van der Waals surface area contributed by atoms with Gasteiger partial charge in [-0.15, -0.1) is 0 Å². The third-order valence-corrected chi connectivity index (χ3v) is 1.58. The van der Waals surface area contributed by atoms with Crippen molar-refractivity contribution < 1.29 is 0 Å². The van der Waals surface area contributed by atoms with Crippen molar-refractivity contribution in [2.45, 2.75) is 19.5 Å². The second-order valence-electron chi connectivity index (χ2n) is 2.59. The minimum absolute atomic E-state index is 0.0315. The second kappa shape index (κ2) is 3.50. The van der Waals surface area contributed by atoms with Gasteiger partial charge in [0.2, 0.25) is 0 Å². The van der Waals surface area contributed by atoms with Crippen molar-refractivity contribution in [2.75, 3.05) is 6.54 Å². The molecule has 0 bridgehead atoms. The average molecular weight is 154 g/mol. The quantitative estimate of drug-likeness (QED) is 0.636. The summed E-state index contributed by atoms with van der Waals surface area (Å²) in [5.74, 6) is 0. The fourth-order valence-corrected chi connectivity index (χ4v) is 1.04. The van der Waals surface area contributed by atoms with E-state index in [1.165, 1.54) is 0 Å². The number of nitrogens with two attached hydrogens (primary N) is 2. The Morgan fingerprint density at radius 1 is 1.73 bits per heavy atom. The molecule has 1 rings (SSSR count).